The zero-order chi connectivity index (χ0) is 20.6. The first-order chi connectivity index (χ1) is 12.4. The van der Waals surface area contributed by atoms with Crippen molar-refractivity contribution in [1.29, 1.82) is 0 Å². The lowest BCUT2D eigenvalue weighted by molar-refractivity contribution is -0.188. The normalized spacial score (nSPS) is 23.6. The molecule has 1 N–H and O–H groups in total. The summed E-state index contributed by atoms with van der Waals surface area (Å²) in [7, 11) is -6.70. The van der Waals surface area contributed by atoms with Gasteiger partial charge in [-0.2, -0.15) is 16.8 Å². The van der Waals surface area contributed by atoms with Crippen LogP contribution < -0.4 is 0 Å². The second-order valence-electron chi connectivity index (χ2n) is 7.10. The van der Waals surface area contributed by atoms with Gasteiger partial charge in [0.1, 0.15) is 0 Å². The van der Waals surface area contributed by atoms with Crippen LogP contribution in [0.4, 0.5) is 0 Å². The number of aliphatic hydroxyl groups is 1. The fourth-order valence-electron chi connectivity index (χ4n) is 3.03. The van der Waals surface area contributed by atoms with Gasteiger partial charge in [0.05, 0.1) is 45.0 Å². The average Bonchev–Trinajstić information content (AvgIpc) is 2.93. The Hall–Kier alpha value is -0.300. The van der Waals surface area contributed by atoms with E-state index in [1.54, 1.807) is 0 Å². The van der Waals surface area contributed by atoms with Crippen molar-refractivity contribution in [1.82, 2.24) is 0 Å². The van der Waals surface area contributed by atoms with E-state index in [4.69, 9.17) is 18.8 Å². The molecule has 0 aromatic carbocycles. The molecule has 162 valence electrons. The minimum atomic E-state index is -3.35. The Morgan fingerprint density at radius 1 is 1.07 bits per heavy atom. The van der Waals surface area contributed by atoms with Crippen LogP contribution in [0.15, 0.2) is 0 Å². The molecule has 2 atom stereocenters. The molecule has 1 aliphatic carbocycles. The Bertz CT molecular complexity index is 624. The lowest BCUT2D eigenvalue weighted by Gasteiger charge is -2.32. The molecule has 9 nitrogen and oxygen atoms in total. The molecule has 0 aromatic heterocycles. The molecule has 0 amide bonds. The molecule has 27 heavy (non-hydrogen) atoms. The topological polar surface area (TPSA) is 125 Å². The standard InChI is InChI=1S/C13H24O5S.C3H8O4S/c1-11(9-17-19(2,14)15)8-12-10-16-13(18-12)6-4-3-5-7-13;1-8(5,6)7-3-2-4/h11-12H,3-10H2,1-2H3;4H,2-3H2,1H3. The van der Waals surface area contributed by atoms with Crippen LogP contribution in [0.5, 0.6) is 0 Å². The zero-order valence-electron chi connectivity index (χ0n) is 16.3. The molecule has 2 fully saturated rings. The van der Waals surface area contributed by atoms with E-state index in [-0.39, 0.29) is 37.6 Å². The van der Waals surface area contributed by atoms with Crippen LogP contribution in [-0.4, -0.2) is 72.8 Å². The molecule has 1 spiro atoms. The fraction of sp³-hybridized carbons (Fsp3) is 1.00. The summed E-state index contributed by atoms with van der Waals surface area (Å²) in [6.45, 7) is 2.38. The summed E-state index contributed by atoms with van der Waals surface area (Å²) in [6.07, 6.45) is 8.41. The summed E-state index contributed by atoms with van der Waals surface area (Å²) in [5.41, 5.74) is 0. The van der Waals surface area contributed by atoms with Gasteiger partial charge in [-0.05, 0) is 25.2 Å². The van der Waals surface area contributed by atoms with E-state index in [0.29, 0.717) is 6.61 Å². The second kappa shape index (κ2) is 11.0. The van der Waals surface area contributed by atoms with Crippen LogP contribution >= 0.6 is 0 Å². The predicted molar refractivity (Wildman–Crippen MR) is 99.1 cm³/mol. The second-order valence-corrected chi connectivity index (χ2v) is 10.4. The quantitative estimate of drug-likeness (QED) is 0.559. The summed E-state index contributed by atoms with van der Waals surface area (Å²) in [4.78, 5) is 0. The molecular formula is C16H32O9S2. The molecule has 1 aliphatic heterocycles. The first-order valence-corrected chi connectivity index (χ1v) is 12.7. The van der Waals surface area contributed by atoms with Gasteiger partial charge < -0.3 is 14.6 Å². The van der Waals surface area contributed by atoms with Crippen molar-refractivity contribution in [3.05, 3.63) is 0 Å². The highest BCUT2D eigenvalue weighted by atomic mass is 32.2. The van der Waals surface area contributed by atoms with E-state index in [1.807, 2.05) is 6.92 Å². The van der Waals surface area contributed by atoms with E-state index >= 15 is 0 Å². The molecule has 1 saturated heterocycles. The summed E-state index contributed by atoms with van der Waals surface area (Å²) < 4.78 is 62.8. The molecular weight excluding hydrogens is 400 g/mol. The van der Waals surface area contributed by atoms with E-state index in [9.17, 15) is 16.8 Å². The number of hydrogen-bond acceptors (Lipinski definition) is 9. The predicted octanol–water partition coefficient (Wildman–Crippen LogP) is 1.02. The number of aliphatic hydroxyl groups excluding tert-OH is 1. The molecule has 2 rings (SSSR count). The van der Waals surface area contributed by atoms with Crippen LogP contribution in [-0.2, 0) is 38.1 Å². The van der Waals surface area contributed by atoms with Crippen LogP contribution in [0.1, 0.15) is 45.4 Å². The van der Waals surface area contributed by atoms with E-state index in [1.165, 1.54) is 19.3 Å². The van der Waals surface area contributed by atoms with Gasteiger partial charge in [0.2, 0.25) is 0 Å². The van der Waals surface area contributed by atoms with Gasteiger partial charge in [0.25, 0.3) is 20.2 Å². The fourth-order valence-corrected chi connectivity index (χ4v) is 3.89. The van der Waals surface area contributed by atoms with Gasteiger partial charge in [-0.3, -0.25) is 8.37 Å². The Labute approximate surface area is 162 Å². The van der Waals surface area contributed by atoms with Crippen LogP contribution in [0.25, 0.3) is 0 Å². The Morgan fingerprint density at radius 2 is 1.67 bits per heavy atom. The SMILES string of the molecule is CC(COS(C)(=O)=O)CC1COC2(CCCCC2)O1.CS(=O)(=O)OCCO. The van der Waals surface area contributed by atoms with Gasteiger partial charge in [0.15, 0.2) is 5.79 Å². The molecule has 11 heteroatoms. The minimum absolute atomic E-state index is 0.0660. The molecule has 2 unspecified atom stereocenters. The van der Waals surface area contributed by atoms with Crippen molar-refractivity contribution >= 4 is 20.2 Å². The summed E-state index contributed by atoms with van der Waals surface area (Å²) >= 11 is 0. The van der Waals surface area contributed by atoms with Gasteiger partial charge >= 0.3 is 0 Å². The lowest BCUT2D eigenvalue weighted by Crippen LogP contribution is -2.33. The monoisotopic (exact) mass is 432 g/mol. The van der Waals surface area contributed by atoms with Crippen LogP contribution in [0.3, 0.4) is 0 Å². The molecule has 0 aromatic rings. The lowest BCUT2D eigenvalue weighted by atomic mass is 9.94. The maximum absolute atomic E-state index is 10.9. The number of ether oxygens (including phenoxy) is 2. The van der Waals surface area contributed by atoms with Crippen molar-refractivity contribution in [3.8, 4) is 0 Å². The molecule has 0 radical (unpaired) electrons. The third-order valence-corrected chi connectivity index (χ3v) is 5.31. The third-order valence-electron chi connectivity index (χ3n) is 4.15. The Morgan fingerprint density at radius 3 is 2.15 bits per heavy atom. The van der Waals surface area contributed by atoms with E-state index in [2.05, 4.69) is 4.18 Å². The highest BCUT2D eigenvalue weighted by Crippen LogP contribution is 2.38. The van der Waals surface area contributed by atoms with Gasteiger partial charge in [-0.25, -0.2) is 0 Å². The molecule has 2 aliphatic rings. The smallest absolute Gasteiger partial charge is 0.264 e. The number of rotatable bonds is 8. The Balaban J connectivity index is 0.000000387. The van der Waals surface area contributed by atoms with Crippen molar-refractivity contribution < 1.29 is 39.8 Å². The van der Waals surface area contributed by atoms with E-state index < -0.39 is 20.2 Å². The van der Waals surface area contributed by atoms with Crippen LogP contribution in [0.2, 0.25) is 0 Å². The van der Waals surface area contributed by atoms with Gasteiger partial charge in [-0.1, -0.05) is 13.3 Å². The first kappa shape index (κ1) is 24.7. The van der Waals surface area contributed by atoms with Crippen molar-refractivity contribution in [2.45, 2.75) is 57.3 Å². The summed E-state index contributed by atoms with van der Waals surface area (Å²) in [6, 6.07) is 0. The largest absolute Gasteiger partial charge is 0.394 e. The number of hydrogen-bond donors (Lipinski definition) is 1. The summed E-state index contributed by atoms with van der Waals surface area (Å²) in [5, 5.41) is 8.04. The highest BCUT2D eigenvalue weighted by molar-refractivity contribution is 7.86. The average molecular weight is 433 g/mol. The Kier molecular flexibility index (Phi) is 10.1. The highest BCUT2D eigenvalue weighted by Gasteiger charge is 2.42. The summed E-state index contributed by atoms with van der Waals surface area (Å²) in [5.74, 6) is -0.206. The molecule has 0 bridgehead atoms. The van der Waals surface area contributed by atoms with Gasteiger partial charge in [0, 0.05) is 12.8 Å². The molecule has 1 heterocycles. The maximum Gasteiger partial charge on any atom is 0.264 e. The van der Waals surface area contributed by atoms with Crippen molar-refractivity contribution in [2.75, 3.05) is 38.9 Å². The van der Waals surface area contributed by atoms with E-state index in [0.717, 1.165) is 31.8 Å². The maximum atomic E-state index is 10.9. The third kappa shape index (κ3) is 11.3. The zero-order valence-corrected chi connectivity index (χ0v) is 17.9. The first-order valence-electron chi connectivity index (χ1n) is 9.06. The minimum Gasteiger partial charge on any atom is -0.394 e. The van der Waals surface area contributed by atoms with Gasteiger partial charge in [-0.15, -0.1) is 0 Å². The van der Waals surface area contributed by atoms with Crippen LogP contribution in [0, 0.1) is 5.92 Å². The van der Waals surface area contributed by atoms with Crippen molar-refractivity contribution in [3.63, 3.8) is 0 Å². The van der Waals surface area contributed by atoms with Crippen molar-refractivity contribution in [2.24, 2.45) is 5.92 Å². The molecule has 1 saturated carbocycles.